The van der Waals surface area contributed by atoms with Crippen LogP contribution in [0.4, 0.5) is 10.5 Å². The SMILES string of the molecule is C[C@@H](/C=C/C(=O)NO)[C@@H](OC(=O)Nc1ccc(C#N)cc1)c1cc(I)ccc1O. The Kier molecular flexibility index (Phi) is 7.99. The van der Waals surface area contributed by atoms with E-state index in [2.05, 4.69) is 27.9 Å². The third-order valence-electron chi connectivity index (χ3n) is 3.93. The Hall–Kier alpha value is -3.10. The average Bonchev–Trinajstić information content (AvgIpc) is 2.72. The van der Waals surface area contributed by atoms with Crippen LogP contribution in [0, 0.1) is 20.8 Å². The number of amides is 2. The minimum absolute atomic E-state index is 0.0616. The molecule has 4 N–H and O–H groups in total. The van der Waals surface area contributed by atoms with Crippen LogP contribution in [-0.2, 0) is 9.53 Å². The molecule has 2 aromatic rings. The number of nitriles is 1. The number of nitrogens with one attached hydrogen (secondary N) is 2. The number of hydrogen-bond donors (Lipinski definition) is 4. The van der Waals surface area contributed by atoms with Crippen molar-refractivity contribution in [2.75, 3.05) is 5.32 Å². The second-order valence-electron chi connectivity index (χ2n) is 6.04. The summed E-state index contributed by atoms with van der Waals surface area (Å²) >= 11 is 2.07. The molecule has 0 saturated carbocycles. The molecule has 29 heavy (non-hydrogen) atoms. The zero-order valence-corrected chi connectivity index (χ0v) is 17.5. The van der Waals surface area contributed by atoms with E-state index in [9.17, 15) is 14.7 Å². The molecule has 0 fully saturated rings. The summed E-state index contributed by atoms with van der Waals surface area (Å²) in [7, 11) is 0. The van der Waals surface area contributed by atoms with Crippen LogP contribution in [0.1, 0.15) is 24.2 Å². The summed E-state index contributed by atoms with van der Waals surface area (Å²) in [4.78, 5) is 23.7. The molecule has 0 spiro atoms. The maximum absolute atomic E-state index is 12.4. The first kappa shape index (κ1) is 22.2. The Morgan fingerprint density at radius 2 is 1.93 bits per heavy atom. The summed E-state index contributed by atoms with van der Waals surface area (Å²) in [6.07, 6.45) is 0.866. The third-order valence-corrected chi connectivity index (χ3v) is 4.60. The van der Waals surface area contributed by atoms with Crippen molar-refractivity contribution in [3.63, 3.8) is 0 Å². The van der Waals surface area contributed by atoms with Gasteiger partial charge in [0.15, 0.2) is 0 Å². The monoisotopic (exact) mass is 507 g/mol. The number of ether oxygens (including phenoxy) is 1. The standard InChI is InChI=1S/C20H18IN3O5/c1-12(2-9-18(26)24-28)19(16-10-14(21)5-8-17(16)25)29-20(27)23-15-6-3-13(11-22)4-7-15/h2-10,12,19,25,28H,1H3,(H,23,27)(H,24,26)/b9-2+/t12-,19+/m0/s1. The summed E-state index contributed by atoms with van der Waals surface area (Å²) in [6, 6.07) is 13.1. The van der Waals surface area contributed by atoms with Crippen LogP contribution in [0.5, 0.6) is 5.75 Å². The lowest BCUT2D eigenvalue weighted by molar-refractivity contribution is -0.124. The van der Waals surface area contributed by atoms with Crippen molar-refractivity contribution in [2.45, 2.75) is 13.0 Å². The van der Waals surface area contributed by atoms with Crippen LogP contribution in [0.15, 0.2) is 54.6 Å². The number of halogens is 1. The normalized spacial score (nSPS) is 12.6. The summed E-state index contributed by atoms with van der Waals surface area (Å²) in [5, 5.41) is 30.3. The van der Waals surface area contributed by atoms with Gasteiger partial charge >= 0.3 is 6.09 Å². The summed E-state index contributed by atoms with van der Waals surface area (Å²) in [6.45, 7) is 1.69. The number of phenols is 1. The first-order valence-corrected chi connectivity index (χ1v) is 9.50. The molecule has 0 radical (unpaired) electrons. The minimum atomic E-state index is -0.911. The maximum atomic E-state index is 12.4. The highest BCUT2D eigenvalue weighted by Gasteiger charge is 2.25. The minimum Gasteiger partial charge on any atom is -0.508 e. The van der Waals surface area contributed by atoms with Gasteiger partial charge in [-0.1, -0.05) is 13.0 Å². The van der Waals surface area contributed by atoms with Crippen LogP contribution >= 0.6 is 22.6 Å². The predicted molar refractivity (Wildman–Crippen MR) is 113 cm³/mol. The highest BCUT2D eigenvalue weighted by atomic mass is 127. The van der Waals surface area contributed by atoms with E-state index in [-0.39, 0.29) is 5.75 Å². The molecular weight excluding hydrogens is 489 g/mol. The Morgan fingerprint density at radius 3 is 2.55 bits per heavy atom. The van der Waals surface area contributed by atoms with Gasteiger partial charge in [-0.2, -0.15) is 5.26 Å². The van der Waals surface area contributed by atoms with E-state index in [4.69, 9.17) is 15.2 Å². The van der Waals surface area contributed by atoms with E-state index in [1.54, 1.807) is 43.3 Å². The van der Waals surface area contributed by atoms with E-state index in [1.165, 1.54) is 17.6 Å². The molecule has 0 aliphatic heterocycles. The second-order valence-corrected chi connectivity index (χ2v) is 7.28. The van der Waals surface area contributed by atoms with Crippen LogP contribution in [0.2, 0.25) is 0 Å². The second kappa shape index (κ2) is 10.4. The number of hydroxylamine groups is 1. The topological polar surface area (TPSA) is 132 Å². The van der Waals surface area contributed by atoms with Gasteiger partial charge < -0.3 is 9.84 Å². The molecular formula is C20H18IN3O5. The van der Waals surface area contributed by atoms with E-state index >= 15 is 0 Å². The van der Waals surface area contributed by atoms with Gasteiger partial charge in [-0.05, 0) is 65.1 Å². The fourth-order valence-electron chi connectivity index (χ4n) is 2.48. The molecule has 0 aromatic heterocycles. The van der Waals surface area contributed by atoms with Gasteiger partial charge in [0.25, 0.3) is 5.91 Å². The summed E-state index contributed by atoms with van der Waals surface area (Å²) < 4.78 is 6.36. The maximum Gasteiger partial charge on any atom is 0.412 e. The number of rotatable bonds is 6. The van der Waals surface area contributed by atoms with Gasteiger partial charge in [-0.3, -0.25) is 15.3 Å². The average molecular weight is 507 g/mol. The number of aromatic hydroxyl groups is 1. The molecule has 0 heterocycles. The molecule has 2 aromatic carbocycles. The molecule has 0 bridgehead atoms. The van der Waals surface area contributed by atoms with Crippen molar-refractivity contribution in [2.24, 2.45) is 5.92 Å². The van der Waals surface area contributed by atoms with Crippen molar-refractivity contribution >= 4 is 40.3 Å². The largest absolute Gasteiger partial charge is 0.508 e. The lowest BCUT2D eigenvalue weighted by Crippen LogP contribution is -2.22. The molecule has 9 heteroatoms. The molecule has 0 unspecified atom stereocenters. The van der Waals surface area contributed by atoms with Gasteiger partial charge in [0.05, 0.1) is 11.6 Å². The molecule has 2 atom stereocenters. The number of carbonyl (C=O) groups excluding carboxylic acids is 2. The Labute approximate surface area is 180 Å². The molecule has 150 valence electrons. The number of phenolic OH excluding ortho intramolecular Hbond substituents is 1. The van der Waals surface area contributed by atoms with Crippen molar-refractivity contribution in [1.29, 1.82) is 5.26 Å². The van der Waals surface area contributed by atoms with Crippen molar-refractivity contribution in [1.82, 2.24) is 5.48 Å². The number of nitrogens with zero attached hydrogens (tertiary/aromatic N) is 1. The van der Waals surface area contributed by atoms with Gasteiger partial charge in [-0.25, -0.2) is 10.3 Å². The van der Waals surface area contributed by atoms with Gasteiger partial charge in [0.1, 0.15) is 11.9 Å². The molecule has 8 nitrogen and oxygen atoms in total. The number of benzene rings is 2. The lowest BCUT2D eigenvalue weighted by atomic mass is 9.96. The Morgan fingerprint density at radius 1 is 1.24 bits per heavy atom. The van der Waals surface area contributed by atoms with E-state index in [0.717, 1.165) is 9.65 Å². The van der Waals surface area contributed by atoms with Gasteiger partial charge in [0.2, 0.25) is 0 Å². The Balaban J connectivity index is 2.25. The van der Waals surface area contributed by atoms with E-state index < -0.39 is 24.0 Å². The fourth-order valence-corrected chi connectivity index (χ4v) is 2.99. The molecule has 0 saturated heterocycles. The van der Waals surface area contributed by atoms with Crippen molar-refractivity contribution in [3.8, 4) is 11.8 Å². The number of anilines is 1. The molecule has 2 amide bonds. The highest BCUT2D eigenvalue weighted by Crippen LogP contribution is 2.34. The molecule has 0 aliphatic carbocycles. The summed E-state index contributed by atoms with van der Waals surface area (Å²) in [5.74, 6) is -1.30. The zero-order chi connectivity index (χ0) is 21.4. The lowest BCUT2D eigenvalue weighted by Gasteiger charge is -2.23. The fraction of sp³-hybridized carbons (Fsp3) is 0.150. The van der Waals surface area contributed by atoms with Crippen LogP contribution in [0.25, 0.3) is 0 Å². The van der Waals surface area contributed by atoms with E-state index in [0.29, 0.717) is 16.8 Å². The number of hydrogen-bond acceptors (Lipinski definition) is 6. The number of carbonyl (C=O) groups is 2. The summed E-state index contributed by atoms with van der Waals surface area (Å²) in [5.41, 5.74) is 2.74. The third kappa shape index (κ3) is 6.48. The van der Waals surface area contributed by atoms with Crippen LogP contribution < -0.4 is 10.8 Å². The predicted octanol–water partition coefficient (Wildman–Crippen LogP) is 3.86. The smallest absolute Gasteiger partial charge is 0.412 e. The highest BCUT2D eigenvalue weighted by molar-refractivity contribution is 14.1. The van der Waals surface area contributed by atoms with E-state index in [1.807, 2.05) is 6.07 Å². The van der Waals surface area contributed by atoms with Crippen LogP contribution in [0.3, 0.4) is 0 Å². The van der Waals surface area contributed by atoms with Gasteiger partial charge in [-0.15, -0.1) is 0 Å². The molecule has 0 aliphatic rings. The first-order chi connectivity index (χ1) is 13.8. The van der Waals surface area contributed by atoms with Gasteiger partial charge in [0, 0.05) is 26.8 Å². The quantitative estimate of drug-likeness (QED) is 0.203. The van der Waals surface area contributed by atoms with Crippen molar-refractivity contribution in [3.05, 3.63) is 69.3 Å². The van der Waals surface area contributed by atoms with Crippen LogP contribution in [-0.4, -0.2) is 22.3 Å². The molecule has 2 rings (SSSR count). The zero-order valence-electron chi connectivity index (χ0n) is 15.3. The van der Waals surface area contributed by atoms with Crippen molar-refractivity contribution < 1.29 is 24.6 Å². The Bertz CT molecular complexity index is 954. The first-order valence-electron chi connectivity index (χ1n) is 8.42.